The Kier molecular flexibility index (Phi) is 7.91. The zero-order chi connectivity index (χ0) is 21.5. The quantitative estimate of drug-likeness (QED) is 0.581. The van der Waals surface area contributed by atoms with Crippen LogP contribution in [-0.2, 0) is 0 Å². The number of halogens is 1. The first-order valence-corrected chi connectivity index (χ1v) is 11.4. The summed E-state index contributed by atoms with van der Waals surface area (Å²) < 4.78 is 6.48. The lowest BCUT2D eigenvalue weighted by Crippen LogP contribution is -2.31. The van der Waals surface area contributed by atoms with Crippen molar-refractivity contribution >= 4 is 33.4 Å². The van der Waals surface area contributed by atoms with Crippen molar-refractivity contribution in [2.75, 3.05) is 25.0 Å². The molecule has 2 aromatic rings. The number of nitrogens with zero attached hydrogens (tertiary/aromatic N) is 1. The van der Waals surface area contributed by atoms with Crippen LogP contribution in [0.4, 0.5) is 5.69 Å². The number of hydrogen-bond donors (Lipinski definition) is 1. The van der Waals surface area contributed by atoms with Gasteiger partial charge in [-0.05, 0) is 71.1 Å². The summed E-state index contributed by atoms with van der Waals surface area (Å²) >= 11 is 3.48. The number of amides is 2. The molecule has 1 heterocycles. The maximum atomic E-state index is 12.8. The van der Waals surface area contributed by atoms with E-state index in [2.05, 4.69) is 35.1 Å². The lowest BCUT2D eigenvalue weighted by Gasteiger charge is -2.20. The van der Waals surface area contributed by atoms with E-state index in [0.29, 0.717) is 35.1 Å². The Morgan fingerprint density at radius 3 is 2.43 bits per heavy atom. The Morgan fingerprint density at radius 1 is 1.03 bits per heavy atom. The molecule has 0 atom stereocenters. The van der Waals surface area contributed by atoms with Crippen molar-refractivity contribution < 1.29 is 14.3 Å². The van der Waals surface area contributed by atoms with Gasteiger partial charge in [0.05, 0.1) is 11.1 Å². The Hall–Kier alpha value is -2.34. The van der Waals surface area contributed by atoms with Crippen LogP contribution in [0, 0.1) is 5.92 Å². The lowest BCUT2D eigenvalue weighted by molar-refractivity contribution is 0.0761. The molecule has 0 radical (unpaired) electrons. The van der Waals surface area contributed by atoms with Gasteiger partial charge in [0, 0.05) is 29.9 Å². The Bertz CT molecular complexity index is 890. The SMILES string of the molecule is CC(C)COc1ccc(C(=O)Nc2cccc(C(=O)N3CCCCCC3)c2)cc1Br. The average molecular weight is 473 g/mol. The molecule has 160 valence electrons. The highest BCUT2D eigenvalue weighted by molar-refractivity contribution is 9.10. The maximum absolute atomic E-state index is 12.8. The molecule has 0 unspecified atom stereocenters. The lowest BCUT2D eigenvalue weighted by atomic mass is 10.1. The van der Waals surface area contributed by atoms with E-state index in [9.17, 15) is 9.59 Å². The van der Waals surface area contributed by atoms with Crippen molar-refractivity contribution in [1.29, 1.82) is 0 Å². The fourth-order valence-electron chi connectivity index (χ4n) is 3.41. The van der Waals surface area contributed by atoms with Crippen LogP contribution in [0.2, 0.25) is 0 Å². The molecule has 2 aromatic carbocycles. The maximum Gasteiger partial charge on any atom is 0.255 e. The van der Waals surface area contributed by atoms with Crippen molar-refractivity contribution in [3.63, 3.8) is 0 Å². The third-order valence-electron chi connectivity index (χ3n) is 5.03. The molecule has 1 fully saturated rings. The molecule has 1 saturated heterocycles. The third kappa shape index (κ3) is 6.08. The van der Waals surface area contributed by atoms with Gasteiger partial charge in [-0.2, -0.15) is 0 Å². The van der Waals surface area contributed by atoms with E-state index >= 15 is 0 Å². The second-order valence-corrected chi connectivity index (χ2v) is 8.95. The normalized spacial score (nSPS) is 14.3. The number of anilines is 1. The van der Waals surface area contributed by atoms with Crippen LogP contribution in [0.1, 0.15) is 60.2 Å². The largest absolute Gasteiger partial charge is 0.492 e. The van der Waals surface area contributed by atoms with Crippen molar-refractivity contribution in [1.82, 2.24) is 4.90 Å². The zero-order valence-corrected chi connectivity index (χ0v) is 19.2. The second-order valence-electron chi connectivity index (χ2n) is 8.09. The number of rotatable bonds is 6. The van der Waals surface area contributed by atoms with E-state index in [1.54, 1.807) is 42.5 Å². The summed E-state index contributed by atoms with van der Waals surface area (Å²) in [7, 11) is 0. The van der Waals surface area contributed by atoms with Gasteiger partial charge in [-0.25, -0.2) is 0 Å². The second kappa shape index (κ2) is 10.6. The van der Waals surface area contributed by atoms with Gasteiger partial charge >= 0.3 is 0 Å². The van der Waals surface area contributed by atoms with Crippen LogP contribution < -0.4 is 10.1 Å². The summed E-state index contributed by atoms with van der Waals surface area (Å²) in [6, 6.07) is 12.4. The van der Waals surface area contributed by atoms with Gasteiger partial charge in [-0.15, -0.1) is 0 Å². The molecule has 3 rings (SSSR count). The van der Waals surface area contributed by atoms with E-state index in [1.165, 1.54) is 12.8 Å². The Balaban J connectivity index is 1.67. The highest BCUT2D eigenvalue weighted by Gasteiger charge is 2.18. The topological polar surface area (TPSA) is 58.6 Å². The van der Waals surface area contributed by atoms with Gasteiger partial charge in [0.1, 0.15) is 5.75 Å². The van der Waals surface area contributed by atoms with Gasteiger partial charge in [0.15, 0.2) is 0 Å². The number of hydrogen-bond acceptors (Lipinski definition) is 3. The molecule has 1 aliphatic rings. The number of nitrogens with one attached hydrogen (secondary N) is 1. The van der Waals surface area contributed by atoms with Crippen LogP contribution in [0.5, 0.6) is 5.75 Å². The molecule has 30 heavy (non-hydrogen) atoms. The molecular formula is C24H29BrN2O3. The van der Waals surface area contributed by atoms with Gasteiger partial charge in [0.25, 0.3) is 11.8 Å². The number of likely N-dealkylation sites (tertiary alicyclic amines) is 1. The van der Waals surface area contributed by atoms with Gasteiger partial charge in [-0.3, -0.25) is 9.59 Å². The molecule has 1 N–H and O–H groups in total. The number of carbonyl (C=O) groups is 2. The van der Waals surface area contributed by atoms with Crippen LogP contribution >= 0.6 is 15.9 Å². The zero-order valence-electron chi connectivity index (χ0n) is 17.6. The monoisotopic (exact) mass is 472 g/mol. The molecule has 5 nitrogen and oxygen atoms in total. The van der Waals surface area contributed by atoms with Gasteiger partial charge in [-0.1, -0.05) is 32.8 Å². The summed E-state index contributed by atoms with van der Waals surface area (Å²) in [6.07, 6.45) is 4.45. The molecule has 0 aromatic heterocycles. The highest BCUT2D eigenvalue weighted by atomic mass is 79.9. The third-order valence-corrected chi connectivity index (χ3v) is 5.65. The van der Waals surface area contributed by atoms with E-state index in [-0.39, 0.29) is 11.8 Å². The van der Waals surface area contributed by atoms with Crippen molar-refractivity contribution in [2.45, 2.75) is 39.5 Å². The smallest absolute Gasteiger partial charge is 0.255 e. The summed E-state index contributed by atoms with van der Waals surface area (Å²) in [5.74, 6) is 0.933. The first kappa shape index (κ1) is 22.3. The number of ether oxygens (including phenoxy) is 1. The summed E-state index contributed by atoms with van der Waals surface area (Å²) in [4.78, 5) is 27.5. The van der Waals surface area contributed by atoms with Crippen LogP contribution in [0.25, 0.3) is 0 Å². The standard InChI is InChI=1S/C24H29BrN2O3/c1-17(2)16-30-22-11-10-18(15-21(22)25)23(28)26-20-9-7-8-19(14-20)24(29)27-12-5-3-4-6-13-27/h7-11,14-15,17H,3-6,12-13,16H2,1-2H3,(H,26,28). The van der Waals surface area contributed by atoms with Crippen LogP contribution in [0.15, 0.2) is 46.9 Å². The minimum Gasteiger partial charge on any atom is -0.492 e. The van der Waals surface area contributed by atoms with Gasteiger partial charge in [0.2, 0.25) is 0 Å². The Labute approximate surface area is 186 Å². The molecule has 0 saturated carbocycles. The molecule has 0 aliphatic carbocycles. The van der Waals surface area contributed by atoms with E-state index in [1.807, 2.05) is 4.90 Å². The summed E-state index contributed by atoms with van der Waals surface area (Å²) in [5.41, 5.74) is 1.73. The molecule has 0 bridgehead atoms. The molecule has 1 aliphatic heterocycles. The van der Waals surface area contributed by atoms with Crippen molar-refractivity contribution in [3.05, 3.63) is 58.1 Å². The highest BCUT2D eigenvalue weighted by Crippen LogP contribution is 2.27. The van der Waals surface area contributed by atoms with E-state index in [0.717, 1.165) is 30.4 Å². The predicted molar refractivity (Wildman–Crippen MR) is 123 cm³/mol. The molecule has 2 amide bonds. The first-order valence-electron chi connectivity index (χ1n) is 10.6. The average Bonchev–Trinajstić information content (AvgIpc) is 3.02. The van der Waals surface area contributed by atoms with E-state index < -0.39 is 0 Å². The minimum absolute atomic E-state index is 0.0300. The molecule has 0 spiro atoms. The van der Waals surface area contributed by atoms with Crippen LogP contribution in [0.3, 0.4) is 0 Å². The van der Waals surface area contributed by atoms with Crippen molar-refractivity contribution in [2.24, 2.45) is 5.92 Å². The summed E-state index contributed by atoms with van der Waals surface area (Å²) in [5, 5.41) is 2.89. The number of benzene rings is 2. The predicted octanol–water partition coefficient (Wildman–Crippen LogP) is 5.75. The minimum atomic E-state index is -0.231. The molecule has 6 heteroatoms. The van der Waals surface area contributed by atoms with Gasteiger partial charge < -0.3 is 15.0 Å². The Morgan fingerprint density at radius 2 is 1.77 bits per heavy atom. The van der Waals surface area contributed by atoms with E-state index in [4.69, 9.17) is 4.74 Å². The summed E-state index contributed by atoms with van der Waals surface area (Å²) in [6.45, 7) is 6.38. The van der Waals surface area contributed by atoms with Crippen molar-refractivity contribution in [3.8, 4) is 5.75 Å². The fourth-order valence-corrected chi connectivity index (χ4v) is 3.90. The molecular weight excluding hydrogens is 444 g/mol. The van der Waals surface area contributed by atoms with Crippen LogP contribution in [-0.4, -0.2) is 36.4 Å². The fraction of sp³-hybridized carbons (Fsp3) is 0.417. The number of carbonyl (C=O) groups excluding carboxylic acids is 2. The first-order chi connectivity index (χ1) is 14.4.